The lowest BCUT2D eigenvalue weighted by Crippen LogP contribution is -2.36. The molecule has 0 aliphatic rings. The Morgan fingerprint density at radius 1 is 1.21 bits per heavy atom. The number of carbonyl (C=O) groups is 1. The van der Waals surface area contributed by atoms with E-state index in [0.29, 0.717) is 23.6 Å². The van der Waals surface area contributed by atoms with Crippen LogP contribution in [-0.4, -0.2) is 36.1 Å². The number of nitrogens with zero attached hydrogens (tertiary/aromatic N) is 2. The molecule has 5 heteroatoms. The van der Waals surface area contributed by atoms with Gasteiger partial charge in [-0.05, 0) is 44.5 Å². The maximum Gasteiger partial charge on any atom is 0.254 e. The van der Waals surface area contributed by atoms with E-state index >= 15 is 0 Å². The molecule has 0 unspecified atom stereocenters. The molecule has 0 spiro atoms. The Bertz CT molecular complexity index is 674. The van der Waals surface area contributed by atoms with Crippen LogP contribution in [-0.2, 0) is 6.54 Å². The number of hydrogen-bond donors (Lipinski definition) is 0. The van der Waals surface area contributed by atoms with Gasteiger partial charge in [0.2, 0.25) is 0 Å². The number of carbonyl (C=O) groups excluding carboxylic acids is 1. The highest BCUT2D eigenvalue weighted by molar-refractivity contribution is 5.95. The fourth-order valence-corrected chi connectivity index (χ4v) is 2.55. The van der Waals surface area contributed by atoms with Crippen LogP contribution >= 0.6 is 0 Å². The lowest BCUT2D eigenvalue weighted by Gasteiger charge is -2.27. The van der Waals surface area contributed by atoms with Crippen LogP contribution in [0.25, 0.3) is 0 Å². The van der Waals surface area contributed by atoms with Crippen LogP contribution in [0.1, 0.15) is 35.3 Å². The zero-order chi connectivity index (χ0) is 17.7. The fourth-order valence-electron chi connectivity index (χ4n) is 2.55. The highest BCUT2D eigenvalue weighted by atomic mass is 16.5. The molecular weight excluding hydrogens is 304 g/mol. The fraction of sp³-hybridized carbons (Fsp3) is 0.368. The van der Waals surface area contributed by atoms with Gasteiger partial charge in [0.25, 0.3) is 5.91 Å². The number of ether oxygens (including phenoxy) is 2. The summed E-state index contributed by atoms with van der Waals surface area (Å²) in [6.45, 7) is 6.40. The predicted octanol–water partition coefficient (Wildman–Crippen LogP) is 3.46. The van der Waals surface area contributed by atoms with Crippen molar-refractivity contribution >= 4 is 5.91 Å². The molecule has 0 bridgehead atoms. The summed E-state index contributed by atoms with van der Waals surface area (Å²) < 4.78 is 10.8. The monoisotopic (exact) mass is 328 g/mol. The third kappa shape index (κ3) is 3.85. The minimum atomic E-state index is -0.0644. The van der Waals surface area contributed by atoms with Gasteiger partial charge in [-0.25, -0.2) is 0 Å². The van der Waals surface area contributed by atoms with Gasteiger partial charge in [-0.1, -0.05) is 6.07 Å². The van der Waals surface area contributed by atoms with E-state index in [4.69, 9.17) is 9.47 Å². The lowest BCUT2D eigenvalue weighted by molar-refractivity contribution is 0.0689. The minimum Gasteiger partial charge on any atom is -0.496 e. The van der Waals surface area contributed by atoms with Crippen molar-refractivity contribution in [2.24, 2.45) is 0 Å². The van der Waals surface area contributed by atoms with Gasteiger partial charge in [0.15, 0.2) is 0 Å². The van der Waals surface area contributed by atoms with Gasteiger partial charge in [0.1, 0.15) is 11.5 Å². The van der Waals surface area contributed by atoms with Crippen molar-refractivity contribution in [1.82, 2.24) is 9.88 Å². The van der Waals surface area contributed by atoms with E-state index < -0.39 is 0 Å². The normalized spacial score (nSPS) is 10.6. The van der Waals surface area contributed by atoms with E-state index in [9.17, 15) is 4.79 Å². The summed E-state index contributed by atoms with van der Waals surface area (Å²) in [5, 5.41) is 0. The van der Waals surface area contributed by atoms with Crippen molar-refractivity contribution in [3.8, 4) is 11.5 Å². The number of rotatable bonds is 6. The molecule has 2 aromatic rings. The highest BCUT2D eigenvalue weighted by Gasteiger charge is 2.21. The van der Waals surface area contributed by atoms with Gasteiger partial charge in [0, 0.05) is 36.1 Å². The largest absolute Gasteiger partial charge is 0.496 e. The Morgan fingerprint density at radius 2 is 1.83 bits per heavy atom. The van der Waals surface area contributed by atoms with E-state index in [2.05, 4.69) is 4.98 Å². The van der Waals surface area contributed by atoms with E-state index in [1.165, 1.54) is 0 Å². The van der Waals surface area contributed by atoms with Gasteiger partial charge < -0.3 is 14.4 Å². The van der Waals surface area contributed by atoms with E-state index in [1.807, 2.05) is 32.9 Å². The summed E-state index contributed by atoms with van der Waals surface area (Å²) in [5.74, 6) is 1.22. The first-order chi connectivity index (χ1) is 11.5. The molecule has 0 atom stereocenters. The summed E-state index contributed by atoms with van der Waals surface area (Å²) in [5.41, 5.74) is 2.41. The average molecular weight is 328 g/mol. The highest BCUT2D eigenvalue weighted by Crippen LogP contribution is 2.30. The van der Waals surface area contributed by atoms with E-state index in [-0.39, 0.29) is 11.9 Å². The molecule has 0 aliphatic heterocycles. The number of pyridine rings is 1. The second kappa shape index (κ2) is 7.81. The molecule has 24 heavy (non-hydrogen) atoms. The number of hydrogen-bond acceptors (Lipinski definition) is 4. The van der Waals surface area contributed by atoms with Gasteiger partial charge >= 0.3 is 0 Å². The van der Waals surface area contributed by atoms with Gasteiger partial charge in [-0.2, -0.15) is 0 Å². The molecule has 1 aromatic carbocycles. The summed E-state index contributed by atoms with van der Waals surface area (Å²) in [4.78, 5) is 19.0. The first kappa shape index (κ1) is 17.8. The van der Waals surface area contributed by atoms with Crippen LogP contribution in [0.3, 0.4) is 0 Å². The number of benzene rings is 1. The quantitative estimate of drug-likeness (QED) is 0.815. The van der Waals surface area contributed by atoms with E-state index in [1.54, 1.807) is 43.6 Å². The standard InChI is InChI=1S/C19H24N2O3/c1-13(2)21(12-15-7-6-8-20-11-15)19(22)16-9-17(23-4)14(3)18(10-16)24-5/h6-11,13H,12H2,1-5H3. The molecule has 2 rings (SSSR count). The van der Waals surface area contributed by atoms with Gasteiger partial charge in [-0.3, -0.25) is 9.78 Å². The summed E-state index contributed by atoms with van der Waals surface area (Å²) >= 11 is 0. The third-order valence-electron chi connectivity index (χ3n) is 3.96. The second-order valence-electron chi connectivity index (χ2n) is 5.89. The molecular formula is C19H24N2O3. The minimum absolute atomic E-state index is 0.0519. The molecule has 0 saturated heterocycles. The zero-order valence-corrected chi connectivity index (χ0v) is 14.9. The van der Waals surface area contributed by atoms with Crippen molar-refractivity contribution in [2.75, 3.05) is 14.2 Å². The SMILES string of the molecule is COc1cc(C(=O)N(Cc2cccnc2)C(C)C)cc(OC)c1C. The summed E-state index contributed by atoms with van der Waals surface area (Å²) in [7, 11) is 3.18. The molecule has 5 nitrogen and oxygen atoms in total. The maximum absolute atomic E-state index is 13.0. The van der Waals surface area contributed by atoms with Crippen molar-refractivity contribution in [3.05, 3.63) is 53.3 Å². The molecule has 0 aliphatic carbocycles. The summed E-state index contributed by atoms with van der Waals surface area (Å²) in [6.07, 6.45) is 3.50. The number of amides is 1. The lowest BCUT2D eigenvalue weighted by atomic mass is 10.1. The Balaban J connectivity index is 2.36. The number of aromatic nitrogens is 1. The Kier molecular flexibility index (Phi) is 5.79. The second-order valence-corrected chi connectivity index (χ2v) is 5.89. The van der Waals surface area contributed by atoms with Crippen molar-refractivity contribution in [2.45, 2.75) is 33.4 Å². The zero-order valence-electron chi connectivity index (χ0n) is 14.9. The van der Waals surface area contributed by atoms with Crippen LogP contribution in [0.2, 0.25) is 0 Å². The van der Waals surface area contributed by atoms with Crippen molar-refractivity contribution < 1.29 is 14.3 Å². The molecule has 128 valence electrons. The van der Waals surface area contributed by atoms with Crippen molar-refractivity contribution in [3.63, 3.8) is 0 Å². The smallest absolute Gasteiger partial charge is 0.254 e. The van der Waals surface area contributed by atoms with Crippen LogP contribution < -0.4 is 9.47 Å². The molecule has 0 N–H and O–H groups in total. The molecule has 1 aromatic heterocycles. The Labute approximate surface area is 143 Å². The van der Waals surface area contributed by atoms with Gasteiger partial charge in [-0.15, -0.1) is 0 Å². The van der Waals surface area contributed by atoms with Crippen LogP contribution in [0.15, 0.2) is 36.7 Å². The van der Waals surface area contributed by atoms with Crippen molar-refractivity contribution in [1.29, 1.82) is 0 Å². The third-order valence-corrected chi connectivity index (χ3v) is 3.96. The van der Waals surface area contributed by atoms with E-state index in [0.717, 1.165) is 11.1 Å². The van der Waals surface area contributed by atoms with Gasteiger partial charge in [0.05, 0.1) is 14.2 Å². The molecule has 0 fully saturated rings. The Morgan fingerprint density at radius 3 is 2.29 bits per heavy atom. The summed E-state index contributed by atoms with van der Waals surface area (Å²) in [6, 6.07) is 7.41. The predicted molar refractivity (Wildman–Crippen MR) is 93.5 cm³/mol. The molecule has 1 heterocycles. The van der Waals surface area contributed by atoms with Crippen LogP contribution in [0, 0.1) is 6.92 Å². The first-order valence-corrected chi connectivity index (χ1v) is 7.90. The maximum atomic E-state index is 13.0. The average Bonchev–Trinajstić information content (AvgIpc) is 2.60. The molecule has 0 radical (unpaired) electrons. The Hall–Kier alpha value is -2.56. The van der Waals surface area contributed by atoms with Crippen LogP contribution in [0.5, 0.6) is 11.5 Å². The topological polar surface area (TPSA) is 51.7 Å². The van der Waals surface area contributed by atoms with Crippen LogP contribution in [0.4, 0.5) is 0 Å². The first-order valence-electron chi connectivity index (χ1n) is 7.90. The number of methoxy groups -OCH3 is 2. The molecule has 1 amide bonds. The molecule has 0 saturated carbocycles.